The van der Waals surface area contributed by atoms with Crippen molar-refractivity contribution in [2.45, 2.75) is 52.1 Å². The SMILES string of the molecule is CC[C@H](C)NC(=O)[C@@H](NC(=O)c1ccccc1Cl)C1CCN(C(=O)c2ccccc2C)CC1. The van der Waals surface area contributed by atoms with Crippen molar-refractivity contribution in [2.24, 2.45) is 5.92 Å². The molecule has 2 aromatic rings. The summed E-state index contributed by atoms with van der Waals surface area (Å²) >= 11 is 6.19. The summed E-state index contributed by atoms with van der Waals surface area (Å²) in [6, 6.07) is 13.7. The third kappa shape index (κ3) is 6.14. The number of carbonyl (C=O) groups is 3. The summed E-state index contributed by atoms with van der Waals surface area (Å²) in [7, 11) is 0. The number of likely N-dealkylation sites (tertiary alicyclic amines) is 1. The van der Waals surface area contributed by atoms with Gasteiger partial charge in [-0.25, -0.2) is 0 Å². The molecule has 0 radical (unpaired) electrons. The molecule has 1 aliphatic rings. The van der Waals surface area contributed by atoms with Gasteiger partial charge in [-0.2, -0.15) is 0 Å². The summed E-state index contributed by atoms with van der Waals surface area (Å²) in [6.45, 7) is 6.94. The Kier molecular flexibility index (Phi) is 8.50. The van der Waals surface area contributed by atoms with E-state index in [0.29, 0.717) is 42.1 Å². The van der Waals surface area contributed by atoms with Crippen molar-refractivity contribution in [1.82, 2.24) is 15.5 Å². The fourth-order valence-electron chi connectivity index (χ4n) is 4.12. The monoisotopic (exact) mass is 469 g/mol. The molecule has 0 saturated carbocycles. The molecular formula is C26H32ClN3O3. The van der Waals surface area contributed by atoms with Gasteiger partial charge in [0.25, 0.3) is 11.8 Å². The Balaban J connectivity index is 1.72. The standard InChI is InChI=1S/C26H32ClN3O3/c1-4-18(3)28-25(32)23(29-24(31)21-11-7-8-12-22(21)27)19-13-15-30(16-14-19)26(33)20-10-6-5-9-17(20)2/h5-12,18-19,23H,4,13-16H2,1-3H3,(H,28,32)(H,29,31)/t18-,23-/m0/s1. The molecule has 3 rings (SSSR count). The van der Waals surface area contributed by atoms with Crippen LogP contribution >= 0.6 is 11.6 Å². The number of piperidine rings is 1. The number of carbonyl (C=O) groups excluding carboxylic acids is 3. The van der Waals surface area contributed by atoms with Crippen LogP contribution in [-0.4, -0.2) is 47.8 Å². The van der Waals surface area contributed by atoms with Gasteiger partial charge in [-0.3, -0.25) is 14.4 Å². The third-order valence-electron chi connectivity index (χ3n) is 6.36. The molecule has 2 N–H and O–H groups in total. The summed E-state index contributed by atoms with van der Waals surface area (Å²) in [6.07, 6.45) is 2.04. The lowest BCUT2D eigenvalue weighted by atomic mass is 9.88. The van der Waals surface area contributed by atoms with Gasteiger partial charge in [0.05, 0.1) is 10.6 Å². The molecule has 0 aromatic heterocycles. The lowest BCUT2D eigenvalue weighted by Gasteiger charge is -2.36. The largest absolute Gasteiger partial charge is 0.352 e. The van der Waals surface area contributed by atoms with Gasteiger partial charge in [-0.05, 0) is 62.8 Å². The van der Waals surface area contributed by atoms with E-state index >= 15 is 0 Å². The Bertz CT molecular complexity index is 1000. The molecule has 2 atom stereocenters. The van der Waals surface area contributed by atoms with Crippen molar-refractivity contribution < 1.29 is 14.4 Å². The molecule has 176 valence electrons. The second-order valence-corrected chi connectivity index (χ2v) is 9.10. The molecule has 1 saturated heterocycles. The van der Waals surface area contributed by atoms with Gasteiger partial charge in [-0.15, -0.1) is 0 Å². The van der Waals surface area contributed by atoms with Crippen LogP contribution in [-0.2, 0) is 4.79 Å². The van der Waals surface area contributed by atoms with Gasteiger partial charge >= 0.3 is 0 Å². The highest BCUT2D eigenvalue weighted by Crippen LogP contribution is 2.24. The Labute approximate surface area is 200 Å². The first-order valence-corrected chi connectivity index (χ1v) is 11.9. The van der Waals surface area contributed by atoms with Crippen molar-refractivity contribution in [3.8, 4) is 0 Å². The smallest absolute Gasteiger partial charge is 0.254 e. The normalized spacial score (nSPS) is 16.1. The van der Waals surface area contributed by atoms with E-state index < -0.39 is 6.04 Å². The maximum atomic E-state index is 13.1. The molecular weight excluding hydrogens is 438 g/mol. The number of hydrogen-bond donors (Lipinski definition) is 2. The number of rotatable bonds is 7. The third-order valence-corrected chi connectivity index (χ3v) is 6.69. The first-order valence-electron chi connectivity index (χ1n) is 11.5. The predicted octanol–water partition coefficient (Wildman–Crippen LogP) is 4.21. The minimum absolute atomic E-state index is 0.0000575. The van der Waals surface area contributed by atoms with Crippen LogP contribution in [0.15, 0.2) is 48.5 Å². The summed E-state index contributed by atoms with van der Waals surface area (Å²) in [5.74, 6) is -0.648. The molecule has 0 unspecified atom stereocenters. The van der Waals surface area contributed by atoms with Crippen molar-refractivity contribution >= 4 is 29.3 Å². The van der Waals surface area contributed by atoms with E-state index in [-0.39, 0.29) is 29.7 Å². The van der Waals surface area contributed by atoms with Crippen LogP contribution in [0.25, 0.3) is 0 Å². The zero-order valence-electron chi connectivity index (χ0n) is 19.4. The first-order chi connectivity index (χ1) is 15.8. The molecule has 1 heterocycles. The van der Waals surface area contributed by atoms with E-state index in [4.69, 9.17) is 11.6 Å². The zero-order valence-corrected chi connectivity index (χ0v) is 20.2. The zero-order chi connectivity index (χ0) is 24.0. The van der Waals surface area contributed by atoms with Crippen LogP contribution in [0.4, 0.5) is 0 Å². The van der Waals surface area contributed by atoms with Crippen LogP contribution in [0.3, 0.4) is 0 Å². The van der Waals surface area contributed by atoms with Crippen molar-refractivity contribution in [3.05, 3.63) is 70.2 Å². The van der Waals surface area contributed by atoms with E-state index in [1.54, 1.807) is 24.3 Å². The minimum Gasteiger partial charge on any atom is -0.352 e. The molecule has 0 aliphatic carbocycles. The number of nitrogens with one attached hydrogen (secondary N) is 2. The first kappa shape index (κ1) is 24.8. The fourth-order valence-corrected chi connectivity index (χ4v) is 4.34. The number of benzene rings is 2. The second-order valence-electron chi connectivity index (χ2n) is 8.69. The summed E-state index contributed by atoms with van der Waals surface area (Å²) in [5, 5.41) is 6.26. The maximum absolute atomic E-state index is 13.1. The second kappa shape index (κ2) is 11.3. The van der Waals surface area contributed by atoms with E-state index in [9.17, 15) is 14.4 Å². The summed E-state index contributed by atoms with van der Waals surface area (Å²) in [4.78, 5) is 40.8. The highest BCUT2D eigenvalue weighted by atomic mass is 35.5. The molecule has 1 fully saturated rings. The van der Waals surface area contributed by atoms with Gasteiger partial charge in [0, 0.05) is 24.7 Å². The number of amides is 3. The molecule has 33 heavy (non-hydrogen) atoms. The van der Waals surface area contributed by atoms with Crippen molar-refractivity contribution in [3.63, 3.8) is 0 Å². The summed E-state index contributed by atoms with van der Waals surface area (Å²) < 4.78 is 0. The molecule has 7 heteroatoms. The van der Waals surface area contributed by atoms with Crippen molar-refractivity contribution in [1.29, 1.82) is 0 Å². The van der Waals surface area contributed by atoms with Crippen molar-refractivity contribution in [2.75, 3.05) is 13.1 Å². The van der Waals surface area contributed by atoms with E-state index in [0.717, 1.165) is 12.0 Å². The van der Waals surface area contributed by atoms with Crippen LogP contribution in [0, 0.1) is 12.8 Å². The highest BCUT2D eigenvalue weighted by Gasteiger charge is 2.35. The molecule has 2 aromatic carbocycles. The minimum atomic E-state index is -0.696. The maximum Gasteiger partial charge on any atom is 0.254 e. The quantitative estimate of drug-likeness (QED) is 0.637. The predicted molar refractivity (Wildman–Crippen MR) is 130 cm³/mol. The van der Waals surface area contributed by atoms with Crippen LogP contribution < -0.4 is 10.6 Å². The van der Waals surface area contributed by atoms with E-state index in [1.165, 1.54) is 0 Å². The van der Waals surface area contributed by atoms with E-state index in [1.807, 2.05) is 49.9 Å². The van der Waals surface area contributed by atoms with Gasteiger partial charge in [0.1, 0.15) is 6.04 Å². The average molecular weight is 470 g/mol. The lowest BCUT2D eigenvalue weighted by molar-refractivity contribution is -0.125. The lowest BCUT2D eigenvalue weighted by Crippen LogP contribution is -2.55. The number of nitrogens with zero attached hydrogens (tertiary/aromatic N) is 1. The van der Waals surface area contributed by atoms with Gasteiger partial charge in [-0.1, -0.05) is 48.9 Å². The number of halogens is 1. The Morgan fingerprint density at radius 1 is 1.00 bits per heavy atom. The molecule has 0 bridgehead atoms. The number of hydrogen-bond acceptors (Lipinski definition) is 3. The van der Waals surface area contributed by atoms with Gasteiger partial charge < -0.3 is 15.5 Å². The van der Waals surface area contributed by atoms with E-state index in [2.05, 4.69) is 10.6 Å². The van der Waals surface area contributed by atoms with Crippen LogP contribution in [0.2, 0.25) is 5.02 Å². The molecule has 3 amide bonds. The highest BCUT2D eigenvalue weighted by molar-refractivity contribution is 6.33. The van der Waals surface area contributed by atoms with Gasteiger partial charge in [0.15, 0.2) is 0 Å². The topological polar surface area (TPSA) is 78.5 Å². The van der Waals surface area contributed by atoms with Gasteiger partial charge in [0.2, 0.25) is 5.91 Å². The Hall–Kier alpha value is -2.86. The Morgan fingerprint density at radius 3 is 2.21 bits per heavy atom. The average Bonchev–Trinajstić information content (AvgIpc) is 2.82. The molecule has 0 spiro atoms. The fraction of sp³-hybridized carbons (Fsp3) is 0.423. The Morgan fingerprint density at radius 2 is 1.61 bits per heavy atom. The number of aryl methyl sites for hydroxylation is 1. The summed E-state index contributed by atoms with van der Waals surface area (Å²) in [5.41, 5.74) is 1.99. The molecule has 6 nitrogen and oxygen atoms in total. The van der Waals surface area contributed by atoms with Crippen LogP contribution in [0.5, 0.6) is 0 Å². The van der Waals surface area contributed by atoms with Crippen LogP contribution in [0.1, 0.15) is 59.4 Å². The molecule has 1 aliphatic heterocycles.